The van der Waals surface area contributed by atoms with E-state index in [4.69, 9.17) is 10.5 Å². The molecule has 1 rings (SSSR count). The highest BCUT2D eigenvalue weighted by Gasteiger charge is 2.43. The summed E-state index contributed by atoms with van der Waals surface area (Å²) in [6.45, 7) is 0.965. The molecule has 0 aromatic heterocycles. The molecule has 12 heavy (non-hydrogen) atoms. The smallest absolute Gasteiger partial charge is 0.0806 e. The van der Waals surface area contributed by atoms with Gasteiger partial charge >= 0.3 is 0 Å². The zero-order chi connectivity index (χ0) is 9.19. The standard InChI is InChI=1S/C8H17NO3/c1-12-5-8(4-9)2-6(10)7(11)3-8/h6-7,10-11H,2-5,9H2,1H3. The van der Waals surface area contributed by atoms with Crippen molar-refractivity contribution in [3.05, 3.63) is 0 Å². The van der Waals surface area contributed by atoms with E-state index in [1.807, 2.05) is 0 Å². The van der Waals surface area contributed by atoms with Gasteiger partial charge in [0.25, 0.3) is 0 Å². The fraction of sp³-hybridized carbons (Fsp3) is 1.00. The molecule has 1 aliphatic carbocycles. The molecule has 0 saturated heterocycles. The molecule has 2 unspecified atom stereocenters. The third-order valence-electron chi connectivity index (χ3n) is 2.61. The van der Waals surface area contributed by atoms with Crippen molar-refractivity contribution in [3.8, 4) is 0 Å². The van der Waals surface area contributed by atoms with Gasteiger partial charge in [0, 0.05) is 19.1 Å². The molecule has 0 bridgehead atoms. The Hall–Kier alpha value is -0.160. The third-order valence-corrected chi connectivity index (χ3v) is 2.61. The van der Waals surface area contributed by atoms with E-state index in [0.29, 0.717) is 26.0 Å². The van der Waals surface area contributed by atoms with Gasteiger partial charge in [0.05, 0.1) is 18.8 Å². The van der Waals surface area contributed by atoms with E-state index in [2.05, 4.69) is 0 Å². The van der Waals surface area contributed by atoms with Crippen LogP contribution in [0.3, 0.4) is 0 Å². The lowest BCUT2D eigenvalue weighted by Gasteiger charge is -2.25. The summed E-state index contributed by atoms with van der Waals surface area (Å²) >= 11 is 0. The quantitative estimate of drug-likeness (QED) is 0.519. The van der Waals surface area contributed by atoms with Crippen molar-refractivity contribution in [2.45, 2.75) is 25.0 Å². The van der Waals surface area contributed by atoms with E-state index in [1.54, 1.807) is 7.11 Å². The van der Waals surface area contributed by atoms with Crippen LogP contribution in [-0.2, 0) is 4.74 Å². The van der Waals surface area contributed by atoms with Gasteiger partial charge in [0.2, 0.25) is 0 Å². The van der Waals surface area contributed by atoms with Gasteiger partial charge in [0.15, 0.2) is 0 Å². The molecule has 0 heterocycles. The van der Waals surface area contributed by atoms with Crippen LogP contribution in [0.4, 0.5) is 0 Å². The summed E-state index contributed by atoms with van der Waals surface area (Å²) in [5.74, 6) is 0. The SMILES string of the molecule is COCC1(CN)CC(O)C(O)C1. The lowest BCUT2D eigenvalue weighted by molar-refractivity contribution is 0.0438. The van der Waals surface area contributed by atoms with Crippen molar-refractivity contribution < 1.29 is 14.9 Å². The Labute approximate surface area is 72.3 Å². The third kappa shape index (κ3) is 1.77. The highest BCUT2D eigenvalue weighted by Crippen LogP contribution is 2.37. The largest absolute Gasteiger partial charge is 0.390 e. The second kappa shape index (κ2) is 3.70. The first-order valence-corrected chi connectivity index (χ1v) is 4.19. The zero-order valence-corrected chi connectivity index (χ0v) is 7.36. The van der Waals surface area contributed by atoms with Gasteiger partial charge in [-0.2, -0.15) is 0 Å². The number of hydrogen-bond donors (Lipinski definition) is 3. The van der Waals surface area contributed by atoms with Crippen LogP contribution in [0.25, 0.3) is 0 Å². The van der Waals surface area contributed by atoms with E-state index in [0.717, 1.165) is 0 Å². The molecule has 4 nitrogen and oxygen atoms in total. The number of aliphatic hydroxyl groups excluding tert-OH is 2. The van der Waals surface area contributed by atoms with Gasteiger partial charge < -0.3 is 20.7 Å². The van der Waals surface area contributed by atoms with Crippen molar-refractivity contribution in [3.63, 3.8) is 0 Å². The van der Waals surface area contributed by atoms with Crippen molar-refractivity contribution in [2.75, 3.05) is 20.3 Å². The lowest BCUT2D eigenvalue weighted by atomic mass is 9.87. The van der Waals surface area contributed by atoms with Crippen molar-refractivity contribution >= 4 is 0 Å². The van der Waals surface area contributed by atoms with Crippen LogP contribution in [0.1, 0.15) is 12.8 Å². The first-order valence-electron chi connectivity index (χ1n) is 4.19. The predicted octanol–water partition coefficient (Wildman–Crippen LogP) is -0.906. The molecule has 2 atom stereocenters. The minimum Gasteiger partial charge on any atom is -0.390 e. The summed E-state index contributed by atoms with van der Waals surface area (Å²) in [6, 6.07) is 0. The molecule has 0 aliphatic heterocycles. The van der Waals surface area contributed by atoms with Crippen molar-refractivity contribution in [1.29, 1.82) is 0 Å². The summed E-state index contributed by atoms with van der Waals surface area (Å²) in [5.41, 5.74) is 5.36. The Morgan fingerprint density at radius 3 is 2.25 bits per heavy atom. The predicted molar refractivity (Wildman–Crippen MR) is 44.6 cm³/mol. The molecule has 0 aromatic carbocycles. The van der Waals surface area contributed by atoms with Crippen LogP contribution in [0.2, 0.25) is 0 Å². The highest BCUT2D eigenvalue weighted by atomic mass is 16.5. The van der Waals surface area contributed by atoms with Gasteiger partial charge in [0.1, 0.15) is 0 Å². The van der Waals surface area contributed by atoms with Crippen LogP contribution in [-0.4, -0.2) is 42.7 Å². The molecule has 1 aliphatic rings. The van der Waals surface area contributed by atoms with E-state index in [9.17, 15) is 10.2 Å². The molecule has 4 heteroatoms. The molecule has 0 amide bonds. The van der Waals surface area contributed by atoms with Gasteiger partial charge in [-0.25, -0.2) is 0 Å². The van der Waals surface area contributed by atoms with Crippen LogP contribution in [0.5, 0.6) is 0 Å². The number of hydrogen-bond acceptors (Lipinski definition) is 4. The average Bonchev–Trinajstić information content (AvgIpc) is 2.30. The Bertz CT molecular complexity index is 141. The zero-order valence-electron chi connectivity index (χ0n) is 7.36. The number of aliphatic hydroxyl groups is 2. The maximum absolute atomic E-state index is 9.33. The van der Waals surface area contributed by atoms with Crippen LogP contribution in [0, 0.1) is 5.41 Å². The summed E-state index contributed by atoms with van der Waals surface area (Å²) in [5, 5.41) is 18.7. The summed E-state index contributed by atoms with van der Waals surface area (Å²) < 4.78 is 5.01. The normalized spacial score (nSPS) is 42.0. The number of ether oxygens (including phenoxy) is 1. The van der Waals surface area contributed by atoms with Gasteiger partial charge in [-0.05, 0) is 12.8 Å². The van der Waals surface area contributed by atoms with E-state index < -0.39 is 12.2 Å². The minimum absolute atomic E-state index is 0.215. The fourth-order valence-electron chi connectivity index (χ4n) is 1.89. The molecule has 0 spiro atoms. The Balaban J connectivity index is 2.58. The van der Waals surface area contributed by atoms with E-state index in [1.165, 1.54) is 0 Å². The number of rotatable bonds is 3. The summed E-state index contributed by atoms with van der Waals surface area (Å²) in [4.78, 5) is 0. The Kier molecular flexibility index (Phi) is 3.06. The molecule has 4 N–H and O–H groups in total. The summed E-state index contributed by atoms with van der Waals surface area (Å²) in [6.07, 6.45) is -0.191. The highest BCUT2D eigenvalue weighted by molar-refractivity contribution is 4.95. The van der Waals surface area contributed by atoms with E-state index in [-0.39, 0.29) is 5.41 Å². The summed E-state index contributed by atoms with van der Waals surface area (Å²) in [7, 11) is 1.61. The van der Waals surface area contributed by atoms with Crippen molar-refractivity contribution in [1.82, 2.24) is 0 Å². The molecule has 1 saturated carbocycles. The molecule has 0 aromatic rings. The lowest BCUT2D eigenvalue weighted by Crippen LogP contribution is -2.33. The second-order valence-electron chi connectivity index (χ2n) is 3.68. The monoisotopic (exact) mass is 175 g/mol. The first kappa shape index (κ1) is 9.92. The molecule has 1 fully saturated rings. The topological polar surface area (TPSA) is 75.7 Å². The van der Waals surface area contributed by atoms with Crippen LogP contribution < -0.4 is 5.73 Å². The molecular formula is C8H17NO3. The maximum Gasteiger partial charge on any atom is 0.0806 e. The Morgan fingerprint density at radius 1 is 1.42 bits per heavy atom. The number of methoxy groups -OCH3 is 1. The number of nitrogens with two attached hydrogens (primary N) is 1. The van der Waals surface area contributed by atoms with Gasteiger partial charge in [-0.3, -0.25) is 0 Å². The Morgan fingerprint density at radius 2 is 1.92 bits per heavy atom. The van der Waals surface area contributed by atoms with E-state index >= 15 is 0 Å². The van der Waals surface area contributed by atoms with Gasteiger partial charge in [-0.15, -0.1) is 0 Å². The minimum atomic E-state index is -0.635. The fourth-order valence-corrected chi connectivity index (χ4v) is 1.89. The molecule has 0 radical (unpaired) electrons. The molecular weight excluding hydrogens is 158 g/mol. The average molecular weight is 175 g/mol. The van der Waals surface area contributed by atoms with Gasteiger partial charge in [-0.1, -0.05) is 0 Å². The second-order valence-corrected chi connectivity index (χ2v) is 3.68. The van der Waals surface area contributed by atoms with Crippen molar-refractivity contribution in [2.24, 2.45) is 11.1 Å². The molecule has 72 valence electrons. The van der Waals surface area contributed by atoms with Crippen LogP contribution >= 0.6 is 0 Å². The first-order chi connectivity index (χ1) is 5.63. The maximum atomic E-state index is 9.33. The van der Waals surface area contributed by atoms with Crippen LogP contribution in [0.15, 0.2) is 0 Å².